The van der Waals surface area contributed by atoms with Crippen molar-refractivity contribution in [3.8, 4) is 51.3 Å². The standard InChI is InChI=1S/C32H28N6O3/c1-39-26-18-21(11-14-25(26)41-19-20-8-4-3-5-9-20)29-30(38-17-7-6-10-27(38)37-29)24-15-16-35-32(36-24)28-22(33)12-13-23(34)31(28)40-2/h3-18H,19,33-34H2,1-2H3. The monoisotopic (exact) mass is 544 g/mol. The molecule has 0 aliphatic rings. The summed E-state index contributed by atoms with van der Waals surface area (Å²) in [6.45, 7) is 0.427. The minimum Gasteiger partial charge on any atom is -0.494 e. The molecule has 3 aromatic carbocycles. The van der Waals surface area contributed by atoms with Gasteiger partial charge in [-0.15, -0.1) is 0 Å². The largest absolute Gasteiger partial charge is 0.494 e. The summed E-state index contributed by atoms with van der Waals surface area (Å²) in [5.74, 6) is 2.06. The molecule has 9 heteroatoms. The average Bonchev–Trinajstić information content (AvgIpc) is 3.41. The van der Waals surface area contributed by atoms with Crippen LogP contribution in [0, 0.1) is 0 Å². The van der Waals surface area contributed by atoms with Crippen molar-refractivity contribution in [1.82, 2.24) is 19.4 Å². The van der Waals surface area contributed by atoms with Crippen molar-refractivity contribution in [3.05, 3.63) is 103 Å². The van der Waals surface area contributed by atoms with Gasteiger partial charge in [0.05, 0.1) is 42.6 Å². The summed E-state index contributed by atoms with van der Waals surface area (Å²) in [4.78, 5) is 14.4. The fourth-order valence-corrected chi connectivity index (χ4v) is 4.79. The third-order valence-corrected chi connectivity index (χ3v) is 6.75. The van der Waals surface area contributed by atoms with Crippen LogP contribution < -0.4 is 25.7 Å². The molecule has 3 heterocycles. The fraction of sp³-hybridized carbons (Fsp3) is 0.0938. The Hall–Kier alpha value is -5.57. The zero-order chi connectivity index (χ0) is 28.3. The topological polar surface area (TPSA) is 123 Å². The number of hydrogen-bond acceptors (Lipinski definition) is 8. The highest BCUT2D eigenvalue weighted by molar-refractivity contribution is 5.86. The van der Waals surface area contributed by atoms with E-state index in [1.807, 2.05) is 83.4 Å². The lowest BCUT2D eigenvalue weighted by Crippen LogP contribution is -2.02. The number of anilines is 2. The first-order chi connectivity index (χ1) is 20.1. The Balaban J connectivity index is 1.46. The molecule has 0 aliphatic carbocycles. The van der Waals surface area contributed by atoms with Crippen LogP contribution >= 0.6 is 0 Å². The molecule has 6 aromatic rings. The van der Waals surface area contributed by atoms with Gasteiger partial charge in [-0.3, -0.25) is 4.40 Å². The highest BCUT2D eigenvalue weighted by atomic mass is 16.5. The maximum atomic E-state index is 6.33. The van der Waals surface area contributed by atoms with Crippen molar-refractivity contribution in [2.24, 2.45) is 0 Å². The van der Waals surface area contributed by atoms with E-state index in [1.54, 1.807) is 32.5 Å². The Morgan fingerprint density at radius 1 is 0.780 bits per heavy atom. The normalized spacial score (nSPS) is 11.0. The Morgan fingerprint density at radius 2 is 1.59 bits per heavy atom. The van der Waals surface area contributed by atoms with Gasteiger partial charge in [0, 0.05) is 23.6 Å². The van der Waals surface area contributed by atoms with Crippen molar-refractivity contribution in [1.29, 1.82) is 0 Å². The van der Waals surface area contributed by atoms with Crippen LogP contribution in [0.1, 0.15) is 5.56 Å². The summed E-state index contributed by atoms with van der Waals surface area (Å²) >= 11 is 0. The van der Waals surface area contributed by atoms with Gasteiger partial charge < -0.3 is 25.7 Å². The summed E-state index contributed by atoms with van der Waals surface area (Å²) in [5, 5.41) is 0. The van der Waals surface area contributed by atoms with Gasteiger partial charge in [0.1, 0.15) is 12.3 Å². The smallest absolute Gasteiger partial charge is 0.165 e. The first-order valence-electron chi connectivity index (χ1n) is 13.0. The molecule has 6 rings (SSSR count). The van der Waals surface area contributed by atoms with Crippen LogP contribution in [0.25, 0.3) is 39.7 Å². The van der Waals surface area contributed by atoms with E-state index in [9.17, 15) is 0 Å². The molecule has 3 aromatic heterocycles. The van der Waals surface area contributed by atoms with Crippen LogP contribution in [0.5, 0.6) is 17.2 Å². The van der Waals surface area contributed by atoms with Crippen LogP contribution in [-0.2, 0) is 6.61 Å². The Kier molecular flexibility index (Phi) is 6.83. The fourth-order valence-electron chi connectivity index (χ4n) is 4.79. The van der Waals surface area contributed by atoms with E-state index in [4.69, 9.17) is 35.6 Å². The number of nitrogens with two attached hydrogens (primary N) is 2. The third-order valence-electron chi connectivity index (χ3n) is 6.75. The lowest BCUT2D eigenvalue weighted by atomic mass is 10.1. The minimum absolute atomic E-state index is 0.392. The second-order valence-electron chi connectivity index (χ2n) is 9.30. The summed E-state index contributed by atoms with van der Waals surface area (Å²) in [7, 11) is 3.17. The zero-order valence-electron chi connectivity index (χ0n) is 22.6. The van der Waals surface area contributed by atoms with Crippen molar-refractivity contribution < 1.29 is 14.2 Å². The number of benzene rings is 3. The molecule has 0 spiro atoms. The maximum absolute atomic E-state index is 6.33. The van der Waals surface area contributed by atoms with Gasteiger partial charge in [-0.1, -0.05) is 36.4 Å². The number of rotatable bonds is 8. The second kappa shape index (κ2) is 10.9. The predicted molar refractivity (Wildman–Crippen MR) is 160 cm³/mol. The molecule has 4 N–H and O–H groups in total. The summed E-state index contributed by atoms with van der Waals surface area (Å²) in [5.41, 5.74) is 18.8. The van der Waals surface area contributed by atoms with Crippen molar-refractivity contribution in [2.45, 2.75) is 6.61 Å². The van der Waals surface area contributed by atoms with E-state index in [2.05, 4.69) is 4.98 Å². The number of methoxy groups -OCH3 is 2. The minimum atomic E-state index is 0.392. The summed E-state index contributed by atoms with van der Waals surface area (Å²) in [6, 6.07) is 26.9. The molecule has 0 fully saturated rings. The van der Waals surface area contributed by atoms with Crippen molar-refractivity contribution >= 4 is 17.0 Å². The zero-order valence-corrected chi connectivity index (χ0v) is 22.6. The van der Waals surface area contributed by atoms with E-state index in [-0.39, 0.29) is 0 Å². The van der Waals surface area contributed by atoms with Gasteiger partial charge in [0.2, 0.25) is 0 Å². The second-order valence-corrected chi connectivity index (χ2v) is 9.30. The number of nitrogens with zero attached hydrogens (tertiary/aromatic N) is 4. The molecule has 0 unspecified atom stereocenters. The van der Waals surface area contributed by atoms with Gasteiger partial charge in [-0.25, -0.2) is 15.0 Å². The van der Waals surface area contributed by atoms with Crippen molar-refractivity contribution in [3.63, 3.8) is 0 Å². The van der Waals surface area contributed by atoms with E-state index < -0.39 is 0 Å². The van der Waals surface area contributed by atoms with Gasteiger partial charge in [0.25, 0.3) is 0 Å². The number of pyridine rings is 1. The van der Waals surface area contributed by atoms with Crippen LogP contribution in [0.3, 0.4) is 0 Å². The first kappa shape index (κ1) is 25.7. The van der Waals surface area contributed by atoms with E-state index >= 15 is 0 Å². The van der Waals surface area contributed by atoms with Crippen LogP contribution in [0.15, 0.2) is 97.3 Å². The van der Waals surface area contributed by atoms with E-state index in [0.717, 1.165) is 28.2 Å². The lowest BCUT2D eigenvalue weighted by Gasteiger charge is -2.14. The Bertz CT molecular complexity index is 1850. The molecule has 41 heavy (non-hydrogen) atoms. The molecule has 0 radical (unpaired) electrons. The first-order valence-corrected chi connectivity index (χ1v) is 13.0. The number of hydrogen-bond donors (Lipinski definition) is 2. The molecule has 9 nitrogen and oxygen atoms in total. The summed E-state index contributed by atoms with van der Waals surface area (Å²) < 4.78 is 19.4. The average molecular weight is 545 g/mol. The van der Waals surface area contributed by atoms with E-state index in [0.29, 0.717) is 52.3 Å². The Morgan fingerprint density at radius 3 is 2.39 bits per heavy atom. The van der Waals surface area contributed by atoms with Gasteiger partial charge in [-0.2, -0.15) is 0 Å². The van der Waals surface area contributed by atoms with Gasteiger partial charge in [-0.05, 0) is 54.1 Å². The van der Waals surface area contributed by atoms with Gasteiger partial charge >= 0.3 is 0 Å². The molecular weight excluding hydrogens is 516 g/mol. The molecule has 0 saturated heterocycles. The molecule has 0 amide bonds. The maximum Gasteiger partial charge on any atom is 0.165 e. The summed E-state index contributed by atoms with van der Waals surface area (Å²) in [6.07, 6.45) is 3.64. The lowest BCUT2D eigenvalue weighted by molar-refractivity contribution is 0.284. The molecule has 0 aliphatic heterocycles. The van der Waals surface area contributed by atoms with Crippen molar-refractivity contribution in [2.75, 3.05) is 25.7 Å². The molecular formula is C32H28N6O3. The van der Waals surface area contributed by atoms with E-state index in [1.165, 1.54) is 0 Å². The molecule has 0 atom stereocenters. The van der Waals surface area contributed by atoms with Crippen LogP contribution in [-0.4, -0.2) is 33.6 Å². The molecule has 204 valence electrons. The number of nitrogen functional groups attached to an aromatic ring is 2. The Labute approximate surface area is 237 Å². The van der Waals surface area contributed by atoms with Gasteiger partial charge in [0.15, 0.2) is 23.1 Å². The highest BCUT2D eigenvalue weighted by Gasteiger charge is 2.21. The predicted octanol–water partition coefficient (Wildman–Crippen LogP) is 5.89. The van der Waals surface area contributed by atoms with Crippen LogP contribution in [0.2, 0.25) is 0 Å². The number of fused-ring (bicyclic) bond motifs is 1. The quantitative estimate of drug-likeness (QED) is 0.228. The SMILES string of the molecule is COc1cc(-c2nc3ccccn3c2-c2ccnc(-c3c(N)ccc(N)c3OC)n2)ccc1OCc1ccccc1. The van der Waals surface area contributed by atoms with Crippen LogP contribution in [0.4, 0.5) is 11.4 Å². The number of ether oxygens (including phenoxy) is 3. The molecule has 0 bridgehead atoms. The molecule has 0 saturated carbocycles. The number of imidazole rings is 1. The highest BCUT2D eigenvalue weighted by Crippen LogP contribution is 2.40. The third kappa shape index (κ3) is 4.85. The number of aromatic nitrogens is 4.